The molecule has 4 nitrogen and oxygen atoms in total. The number of alkyl halides is 1. The summed E-state index contributed by atoms with van der Waals surface area (Å²) >= 11 is 9.57. The smallest absolute Gasteiger partial charge is 0.267 e. The summed E-state index contributed by atoms with van der Waals surface area (Å²) in [6.45, 7) is 0. The lowest BCUT2D eigenvalue weighted by Gasteiger charge is -2.21. The van der Waals surface area contributed by atoms with E-state index < -0.39 is 0 Å². The summed E-state index contributed by atoms with van der Waals surface area (Å²) in [7, 11) is 0. The van der Waals surface area contributed by atoms with Crippen molar-refractivity contribution in [3.8, 4) is 0 Å². The molecule has 0 aliphatic heterocycles. The van der Waals surface area contributed by atoms with Crippen molar-refractivity contribution in [2.75, 3.05) is 5.32 Å². The van der Waals surface area contributed by atoms with E-state index in [1.807, 2.05) is 0 Å². The molecule has 1 aromatic heterocycles. The number of anilines is 1. The number of aromatic nitrogens is 2. The van der Waals surface area contributed by atoms with Crippen LogP contribution in [0.25, 0.3) is 0 Å². The molecule has 0 amide bonds. The maximum atomic E-state index is 11.4. The predicted molar refractivity (Wildman–Crippen MR) is 72.7 cm³/mol. The van der Waals surface area contributed by atoms with Gasteiger partial charge in [-0.15, -0.1) is 11.6 Å². The van der Waals surface area contributed by atoms with Gasteiger partial charge in [-0.2, -0.15) is 0 Å². The van der Waals surface area contributed by atoms with Gasteiger partial charge in [-0.1, -0.05) is 19.3 Å². The van der Waals surface area contributed by atoms with E-state index in [0.717, 1.165) is 12.8 Å². The Kier molecular flexibility index (Phi) is 4.45. The SMILES string of the molecule is O=c1[nH]cnc(NC2CCCCCC2Cl)c1Br. The molecule has 17 heavy (non-hydrogen) atoms. The van der Waals surface area contributed by atoms with Gasteiger partial charge in [0.1, 0.15) is 10.3 Å². The molecular formula is C11H15BrClN3O. The Labute approximate surface area is 113 Å². The molecule has 1 aliphatic rings. The van der Waals surface area contributed by atoms with Crippen molar-refractivity contribution < 1.29 is 0 Å². The van der Waals surface area contributed by atoms with Gasteiger partial charge in [0.15, 0.2) is 0 Å². The number of hydrogen-bond donors (Lipinski definition) is 2. The Balaban J connectivity index is 2.13. The molecule has 0 saturated heterocycles. The zero-order valence-electron chi connectivity index (χ0n) is 9.38. The van der Waals surface area contributed by atoms with E-state index in [2.05, 4.69) is 31.2 Å². The zero-order chi connectivity index (χ0) is 12.3. The van der Waals surface area contributed by atoms with Crippen molar-refractivity contribution in [1.29, 1.82) is 0 Å². The quantitative estimate of drug-likeness (QED) is 0.651. The molecule has 1 fully saturated rings. The fraction of sp³-hybridized carbons (Fsp3) is 0.636. The Hall–Kier alpha value is -0.550. The maximum Gasteiger partial charge on any atom is 0.267 e. The predicted octanol–water partition coefficient (Wildman–Crippen LogP) is 2.88. The molecule has 0 bridgehead atoms. The lowest BCUT2D eigenvalue weighted by atomic mass is 10.1. The molecule has 6 heteroatoms. The van der Waals surface area contributed by atoms with Crippen molar-refractivity contribution in [1.82, 2.24) is 9.97 Å². The van der Waals surface area contributed by atoms with Gasteiger partial charge < -0.3 is 10.3 Å². The molecule has 1 saturated carbocycles. The number of rotatable bonds is 2. The highest BCUT2D eigenvalue weighted by Crippen LogP contribution is 2.26. The molecule has 2 atom stereocenters. The van der Waals surface area contributed by atoms with Gasteiger partial charge in [0.25, 0.3) is 5.56 Å². The van der Waals surface area contributed by atoms with E-state index >= 15 is 0 Å². The summed E-state index contributed by atoms with van der Waals surface area (Å²) in [5.74, 6) is 0.575. The normalized spacial score (nSPS) is 25.3. The second-order valence-corrected chi connectivity index (χ2v) is 5.65. The number of aromatic amines is 1. The molecule has 1 heterocycles. The van der Waals surface area contributed by atoms with Crippen LogP contribution in [0.1, 0.15) is 32.1 Å². The molecule has 2 unspecified atom stereocenters. The Morgan fingerprint density at radius 1 is 1.41 bits per heavy atom. The van der Waals surface area contributed by atoms with Crippen LogP contribution in [0.4, 0.5) is 5.82 Å². The van der Waals surface area contributed by atoms with Gasteiger partial charge in [-0.3, -0.25) is 4.79 Å². The minimum absolute atomic E-state index is 0.102. The molecule has 1 aliphatic carbocycles. The number of hydrogen-bond acceptors (Lipinski definition) is 3. The van der Waals surface area contributed by atoms with E-state index in [-0.39, 0.29) is 17.0 Å². The van der Waals surface area contributed by atoms with Crippen LogP contribution < -0.4 is 10.9 Å². The molecule has 2 rings (SSSR count). The highest BCUT2D eigenvalue weighted by Gasteiger charge is 2.22. The van der Waals surface area contributed by atoms with Crippen LogP contribution in [0.15, 0.2) is 15.6 Å². The first kappa shape index (κ1) is 12.9. The van der Waals surface area contributed by atoms with Crippen molar-refractivity contribution in [3.63, 3.8) is 0 Å². The minimum Gasteiger partial charge on any atom is -0.365 e. The lowest BCUT2D eigenvalue weighted by Crippen LogP contribution is -2.30. The first-order chi connectivity index (χ1) is 8.18. The number of nitrogens with one attached hydrogen (secondary N) is 2. The summed E-state index contributed by atoms with van der Waals surface area (Å²) in [6.07, 6.45) is 7.01. The van der Waals surface area contributed by atoms with Gasteiger partial charge in [0.05, 0.1) is 11.7 Å². The fourth-order valence-corrected chi connectivity index (χ4v) is 2.76. The van der Waals surface area contributed by atoms with E-state index in [4.69, 9.17) is 11.6 Å². The Morgan fingerprint density at radius 3 is 3.00 bits per heavy atom. The molecule has 0 spiro atoms. The summed E-state index contributed by atoms with van der Waals surface area (Å²) in [6, 6.07) is 0.185. The van der Waals surface area contributed by atoms with Crippen LogP contribution in [0, 0.1) is 0 Å². The van der Waals surface area contributed by atoms with Crippen molar-refractivity contribution in [2.45, 2.75) is 43.5 Å². The molecule has 1 aromatic rings. The van der Waals surface area contributed by atoms with E-state index in [1.54, 1.807) is 0 Å². The first-order valence-electron chi connectivity index (χ1n) is 5.82. The van der Waals surface area contributed by atoms with Gasteiger partial charge in [-0.05, 0) is 28.8 Å². The average Bonchev–Trinajstić information content (AvgIpc) is 2.51. The van der Waals surface area contributed by atoms with Crippen molar-refractivity contribution in [2.24, 2.45) is 0 Å². The van der Waals surface area contributed by atoms with Crippen LogP contribution >= 0.6 is 27.5 Å². The molecular weight excluding hydrogens is 305 g/mol. The van der Waals surface area contributed by atoms with Gasteiger partial charge in [0.2, 0.25) is 0 Å². The highest BCUT2D eigenvalue weighted by molar-refractivity contribution is 9.10. The van der Waals surface area contributed by atoms with Crippen LogP contribution in [0.3, 0.4) is 0 Å². The van der Waals surface area contributed by atoms with Gasteiger partial charge >= 0.3 is 0 Å². The third-order valence-electron chi connectivity index (χ3n) is 3.05. The molecule has 0 aromatic carbocycles. The van der Waals surface area contributed by atoms with Crippen molar-refractivity contribution in [3.05, 3.63) is 21.2 Å². The monoisotopic (exact) mass is 319 g/mol. The fourth-order valence-electron chi connectivity index (χ4n) is 2.08. The maximum absolute atomic E-state index is 11.4. The van der Waals surface area contributed by atoms with Crippen LogP contribution in [-0.2, 0) is 0 Å². The summed E-state index contributed by atoms with van der Waals surface area (Å²) in [5.41, 5.74) is -0.178. The Morgan fingerprint density at radius 2 is 2.18 bits per heavy atom. The van der Waals surface area contributed by atoms with Crippen molar-refractivity contribution >= 4 is 33.3 Å². The minimum atomic E-state index is -0.178. The van der Waals surface area contributed by atoms with Crippen LogP contribution in [0.2, 0.25) is 0 Å². The summed E-state index contributed by atoms with van der Waals surface area (Å²) in [4.78, 5) is 18.1. The second kappa shape index (κ2) is 5.87. The van der Waals surface area contributed by atoms with E-state index in [9.17, 15) is 4.79 Å². The Bertz CT molecular complexity index is 437. The van der Waals surface area contributed by atoms with E-state index in [1.165, 1.54) is 25.6 Å². The molecule has 94 valence electrons. The third-order valence-corrected chi connectivity index (χ3v) is 4.31. The zero-order valence-corrected chi connectivity index (χ0v) is 11.7. The first-order valence-corrected chi connectivity index (χ1v) is 7.05. The van der Waals surface area contributed by atoms with Gasteiger partial charge in [0, 0.05) is 6.04 Å². The van der Waals surface area contributed by atoms with Crippen LogP contribution in [-0.4, -0.2) is 21.4 Å². The standard InChI is InChI=1S/C11H15BrClN3O/c12-9-10(14-6-15-11(9)17)16-8-5-3-1-2-4-7(8)13/h6-8H,1-5H2,(H2,14,15,16,17). The topological polar surface area (TPSA) is 57.8 Å². The lowest BCUT2D eigenvalue weighted by molar-refractivity contribution is 0.624. The highest BCUT2D eigenvalue weighted by atomic mass is 79.9. The number of H-pyrrole nitrogens is 1. The second-order valence-electron chi connectivity index (χ2n) is 4.30. The summed E-state index contributed by atoms with van der Waals surface area (Å²) in [5, 5.41) is 3.37. The molecule has 0 radical (unpaired) electrons. The van der Waals surface area contributed by atoms with Crippen LogP contribution in [0.5, 0.6) is 0 Å². The molecule has 2 N–H and O–H groups in total. The number of halogens is 2. The van der Waals surface area contributed by atoms with E-state index in [0.29, 0.717) is 10.3 Å². The average molecular weight is 321 g/mol. The number of nitrogens with zero attached hydrogens (tertiary/aromatic N) is 1. The van der Waals surface area contributed by atoms with Gasteiger partial charge in [-0.25, -0.2) is 4.98 Å². The third kappa shape index (κ3) is 3.22. The largest absolute Gasteiger partial charge is 0.365 e. The summed E-state index contributed by atoms with van der Waals surface area (Å²) < 4.78 is 0.438.